The number of phenols is 1. The zero-order chi connectivity index (χ0) is 20.4. The van der Waals surface area contributed by atoms with E-state index >= 15 is 0 Å². The number of carbonyl (C=O) groups excluding carboxylic acids is 1. The molecule has 4 nitrogen and oxygen atoms in total. The first-order valence-corrected chi connectivity index (χ1v) is 10.8. The van der Waals surface area contributed by atoms with Crippen molar-refractivity contribution in [1.82, 2.24) is 10.6 Å². The molecule has 2 N–H and O–H groups in total. The average molecular weight is 392 g/mol. The summed E-state index contributed by atoms with van der Waals surface area (Å²) in [5.41, 5.74) is 10.3. The fourth-order valence-corrected chi connectivity index (χ4v) is 5.85. The molecule has 0 aromatic heterocycles. The summed E-state index contributed by atoms with van der Waals surface area (Å²) in [6, 6.07) is 18.3. The lowest BCUT2D eigenvalue weighted by atomic mass is 9.57. The summed E-state index contributed by atoms with van der Waals surface area (Å²) in [7, 11) is 0. The van der Waals surface area contributed by atoms with E-state index < -0.39 is 5.91 Å². The fraction of sp³-hybridized carbons (Fsp3) is 0.480. The molecule has 1 aliphatic carbocycles. The molecule has 2 fully saturated rings. The number of benzene rings is 2. The van der Waals surface area contributed by atoms with Crippen LogP contribution >= 0.6 is 0 Å². The minimum Gasteiger partial charge on any atom is -0.508 e. The Kier molecular flexibility index (Phi) is 5.64. The van der Waals surface area contributed by atoms with E-state index in [4.69, 9.17) is 5.73 Å². The van der Waals surface area contributed by atoms with Gasteiger partial charge < -0.3 is 5.11 Å². The molecule has 2 aromatic carbocycles. The molecule has 1 amide bonds. The molecule has 2 aliphatic rings. The third-order valence-corrected chi connectivity index (χ3v) is 7.46. The van der Waals surface area contributed by atoms with Crippen molar-refractivity contribution in [3.05, 3.63) is 65.7 Å². The second-order valence-corrected chi connectivity index (χ2v) is 8.95. The van der Waals surface area contributed by atoms with Gasteiger partial charge in [0.15, 0.2) is 0 Å². The summed E-state index contributed by atoms with van der Waals surface area (Å²) in [5, 5.41) is 10.0. The second-order valence-electron chi connectivity index (χ2n) is 8.95. The maximum Gasteiger partial charge on any atom is 0.243 e. The third kappa shape index (κ3) is 3.91. The SMILES string of the molecule is CC1C2CCCC1(c1cccc(O)c1)CCN2C[C@H](Cc1ccccc1)C([NH])=O. The van der Waals surface area contributed by atoms with Crippen molar-refractivity contribution in [1.29, 1.82) is 0 Å². The maximum atomic E-state index is 12.1. The minimum atomic E-state index is -0.456. The van der Waals surface area contributed by atoms with Gasteiger partial charge in [0.05, 0.1) is 5.92 Å². The van der Waals surface area contributed by atoms with Gasteiger partial charge in [-0.25, -0.2) is 0 Å². The molecule has 2 aromatic rings. The molecule has 3 unspecified atom stereocenters. The van der Waals surface area contributed by atoms with E-state index in [0.29, 0.717) is 30.7 Å². The van der Waals surface area contributed by atoms with Crippen LogP contribution in [0.1, 0.15) is 43.7 Å². The molecular formula is C25H31N2O2. The Hall–Kier alpha value is -2.33. The smallest absolute Gasteiger partial charge is 0.243 e. The van der Waals surface area contributed by atoms with E-state index in [1.807, 2.05) is 42.5 Å². The molecule has 2 bridgehead atoms. The highest BCUT2D eigenvalue weighted by Crippen LogP contribution is 2.51. The molecule has 1 saturated heterocycles. The standard InChI is InChI=1S/C25H31N2O2/c1-18-23-11-6-12-25(18,21-9-5-10-22(28)16-21)13-14-27(23)17-20(24(26)29)15-19-7-3-2-4-8-19/h2-5,7-10,16,18,20,23,26,28H,6,11-15,17H2,1H3/t18?,20-,23?,25?/m0/s1. The van der Waals surface area contributed by atoms with Crippen LogP contribution in [0.5, 0.6) is 5.75 Å². The quantitative estimate of drug-likeness (QED) is 0.803. The molecule has 0 spiro atoms. The Balaban J connectivity index is 1.53. The van der Waals surface area contributed by atoms with Gasteiger partial charge in [-0.1, -0.05) is 55.8 Å². The van der Waals surface area contributed by atoms with Crippen LogP contribution in [0.3, 0.4) is 0 Å². The van der Waals surface area contributed by atoms with E-state index in [2.05, 4.69) is 17.9 Å². The van der Waals surface area contributed by atoms with Gasteiger partial charge in [0.2, 0.25) is 5.91 Å². The van der Waals surface area contributed by atoms with E-state index in [-0.39, 0.29) is 11.3 Å². The first-order valence-electron chi connectivity index (χ1n) is 10.8. The van der Waals surface area contributed by atoms with Crippen LogP contribution in [0.4, 0.5) is 0 Å². The molecule has 4 heteroatoms. The van der Waals surface area contributed by atoms with Gasteiger partial charge in [0.1, 0.15) is 5.75 Å². The van der Waals surface area contributed by atoms with E-state index in [1.54, 1.807) is 6.07 Å². The molecule has 1 aliphatic heterocycles. The highest BCUT2D eigenvalue weighted by molar-refractivity contribution is 5.76. The zero-order valence-corrected chi connectivity index (χ0v) is 17.2. The molecule has 1 radical (unpaired) electrons. The normalized spacial score (nSPS) is 28.0. The summed E-state index contributed by atoms with van der Waals surface area (Å²) >= 11 is 0. The van der Waals surface area contributed by atoms with Gasteiger partial charge in [-0.2, -0.15) is 0 Å². The predicted molar refractivity (Wildman–Crippen MR) is 115 cm³/mol. The number of hydrogen-bond donors (Lipinski definition) is 1. The van der Waals surface area contributed by atoms with Crippen molar-refractivity contribution in [2.24, 2.45) is 11.8 Å². The number of fused-ring (bicyclic) bond motifs is 2. The van der Waals surface area contributed by atoms with E-state index in [9.17, 15) is 9.90 Å². The van der Waals surface area contributed by atoms with E-state index in [0.717, 1.165) is 31.4 Å². The summed E-state index contributed by atoms with van der Waals surface area (Å²) in [6.07, 6.45) is 5.15. The average Bonchev–Trinajstić information content (AvgIpc) is 2.70. The number of rotatable bonds is 6. The molecule has 1 heterocycles. The second kappa shape index (κ2) is 8.19. The van der Waals surface area contributed by atoms with Crippen molar-refractivity contribution >= 4 is 5.91 Å². The Morgan fingerprint density at radius 2 is 2.00 bits per heavy atom. The maximum absolute atomic E-state index is 12.1. The Morgan fingerprint density at radius 3 is 2.72 bits per heavy atom. The first-order chi connectivity index (χ1) is 14.0. The Labute approximate surface area is 173 Å². The first kappa shape index (κ1) is 20.0. The van der Waals surface area contributed by atoms with Crippen LogP contribution in [0, 0.1) is 11.8 Å². The van der Waals surface area contributed by atoms with Gasteiger partial charge >= 0.3 is 0 Å². The fourth-order valence-electron chi connectivity index (χ4n) is 5.85. The topological polar surface area (TPSA) is 64.3 Å². The number of amides is 1. The molecule has 4 atom stereocenters. The monoisotopic (exact) mass is 391 g/mol. The van der Waals surface area contributed by atoms with Crippen LogP contribution in [0.15, 0.2) is 54.6 Å². The van der Waals surface area contributed by atoms with Gasteiger partial charge in [-0.3, -0.25) is 15.4 Å². The number of piperidine rings is 1. The molecule has 153 valence electrons. The summed E-state index contributed by atoms with van der Waals surface area (Å²) in [5.74, 6) is 0.0725. The summed E-state index contributed by atoms with van der Waals surface area (Å²) in [4.78, 5) is 14.6. The van der Waals surface area contributed by atoms with Crippen molar-refractivity contribution in [2.45, 2.75) is 50.5 Å². The largest absolute Gasteiger partial charge is 0.508 e. The lowest BCUT2D eigenvalue weighted by Gasteiger charge is -2.56. The molecule has 29 heavy (non-hydrogen) atoms. The van der Waals surface area contributed by atoms with Crippen LogP contribution in [-0.2, 0) is 16.6 Å². The van der Waals surface area contributed by atoms with Gasteiger partial charge in [0.25, 0.3) is 0 Å². The number of nitrogens with zero attached hydrogens (tertiary/aromatic N) is 1. The lowest BCUT2D eigenvalue weighted by molar-refractivity contribution is -0.124. The predicted octanol–water partition coefficient (Wildman–Crippen LogP) is 4.19. The van der Waals surface area contributed by atoms with Crippen LogP contribution in [-0.4, -0.2) is 35.0 Å². The summed E-state index contributed by atoms with van der Waals surface area (Å²) < 4.78 is 0. The van der Waals surface area contributed by atoms with Crippen LogP contribution in [0.2, 0.25) is 0 Å². The van der Waals surface area contributed by atoms with Gasteiger partial charge in [0, 0.05) is 18.0 Å². The van der Waals surface area contributed by atoms with Crippen LogP contribution in [0.25, 0.3) is 0 Å². The number of carbonyl (C=O) groups is 1. The number of phenolic OH excluding ortho intramolecular Hbond substituents is 1. The summed E-state index contributed by atoms with van der Waals surface area (Å²) in [6.45, 7) is 3.96. The van der Waals surface area contributed by atoms with Crippen molar-refractivity contribution in [2.75, 3.05) is 13.1 Å². The van der Waals surface area contributed by atoms with Gasteiger partial charge in [-0.05, 0) is 61.4 Å². The third-order valence-electron chi connectivity index (χ3n) is 7.46. The number of likely N-dealkylation sites (tertiary alicyclic amines) is 1. The van der Waals surface area contributed by atoms with Crippen LogP contribution < -0.4 is 5.73 Å². The lowest BCUT2D eigenvalue weighted by Crippen LogP contribution is -2.58. The molecule has 1 saturated carbocycles. The van der Waals surface area contributed by atoms with Crippen molar-refractivity contribution < 1.29 is 9.90 Å². The molecule has 4 rings (SSSR count). The van der Waals surface area contributed by atoms with Crippen molar-refractivity contribution in [3.63, 3.8) is 0 Å². The highest BCUT2D eigenvalue weighted by Gasteiger charge is 2.49. The number of aromatic hydroxyl groups is 1. The Bertz CT molecular complexity index is 853. The zero-order valence-electron chi connectivity index (χ0n) is 17.2. The van der Waals surface area contributed by atoms with Crippen molar-refractivity contribution in [3.8, 4) is 5.75 Å². The number of hydrogen-bond acceptors (Lipinski definition) is 3. The van der Waals surface area contributed by atoms with E-state index in [1.165, 1.54) is 12.0 Å². The molecular weight excluding hydrogens is 360 g/mol. The minimum absolute atomic E-state index is 0.109. The Morgan fingerprint density at radius 1 is 1.21 bits per heavy atom. The van der Waals surface area contributed by atoms with Gasteiger partial charge in [-0.15, -0.1) is 0 Å². The number of nitrogens with one attached hydrogen (secondary N) is 1. The highest BCUT2D eigenvalue weighted by atomic mass is 16.3.